The van der Waals surface area contributed by atoms with Gasteiger partial charge < -0.3 is 5.32 Å². The van der Waals surface area contributed by atoms with Crippen LogP contribution >= 0.6 is 0 Å². The van der Waals surface area contributed by atoms with Crippen LogP contribution in [0.5, 0.6) is 0 Å². The first-order chi connectivity index (χ1) is 7.63. The number of fused-ring (bicyclic) bond motifs is 1. The lowest BCUT2D eigenvalue weighted by atomic mass is 9.89. The average molecular weight is 218 g/mol. The summed E-state index contributed by atoms with van der Waals surface area (Å²) in [7, 11) is 5.64. The highest BCUT2D eigenvalue weighted by Crippen LogP contribution is 2.40. The van der Waals surface area contributed by atoms with Gasteiger partial charge in [0.2, 0.25) is 5.91 Å². The molecule has 0 heterocycles. The Morgan fingerprint density at radius 1 is 1.38 bits per heavy atom. The third kappa shape index (κ3) is 1.35. The van der Waals surface area contributed by atoms with E-state index in [1.54, 1.807) is 7.05 Å². The molecule has 2 rings (SSSR count). The molecule has 1 N–H and O–H groups in total. The van der Waals surface area contributed by atoms with Gasteiger partial charge in [0, 0.05) is 7.05 Å². The molecule has 16 heavy (non-hydrogen) atoms. The first-order valence-corrected chi connectivity index (χ1v) is 5.61. The van der Waals surface area contributed by atoms with Crippen LogP contribution in [0.2, 0.25) is 0 Å². The minimum atomic E-state index is -0.481. The fourth-order valence-corrected chi connectivity index (χ4v) is 2.70. The minimum absolute atomic E-state index is 0.0856. The molecule has 1 aliphatic carbocycles. The average Bonchev–Trinajstić information content (AvgIpc) is 2.68. The molecule has 0 saturated heterocycles. The van der Waals surface area contributed by atoms with Crippen molar-refractivity contribution in [2.75, 3.05) is 21.1 Å². The third-order valence-electron chi connectivity index (χ3n) is 3.59. The minimum Gasteiger partial charge on any atom is -0.357 e. The van der Waals surface area contributed by atoms with Crippen molar-refractivity contribution >= 4 is 5.91 Å². The molecule has 0 aromatic heterocycles. The van der Waals surface area contributed by atoms with E-state index in [1.807, 2.05) is 31.1 Å². The van der Waals surface area contributed by atoms with Gasteiger partial charge in [-0.2, -0.15) is 0 Å². The molecular weight excluding hydrogens is 200 g/mol. The number of nitrogens with zero attached hydrogens (tertiary/aromatic N) is 1. The molecule has 1 aromatic rings. The zero-order valence-electron chi connectivity index (χ0n) is 10.1. The first-order valence-electron chi connectivity index (χ1n) is 5.61. The number of nitrogens with one attached hydrogen (secondary N) is 1. The molecular formula is C13H18N2O. The van der Waals surface area contributed by atoms with Gasteiger partial charge in [-0.25, -0.2) is 0 Å². The second-order valence-electron chi connectivity index (χ2n) is 4.49. The molecule has 3 heteroatoms. The highest BCUT2D eigenvalue weighted by atomic mass is 16.2. The van der Waals surface area contributed by atoms with Crippen LogP contribution < -0.4 is 5.32 Å². The molecule has 0 fully saturated rings. The summed E-state index contributed by atoms with van der Waals surface area (Å²) >= 11 is 0. The lowest BCUT2D eigenvalue weighted by Gasteiger charge is -2.35. The summed E-state index contributed by atoms with van der Waals surface area (Å²) in [6, 6.07) is 8.22. The van der Waals surface area contributed by atoms with E-state index in [0.29, 0.717) is 0 Å². The van der Waals surface area contributed by atoms with Crippen molar-refractivity contribution in [1.29, 1.82) is 0 Å². The van der Waals surface area contributed by atoms with E-state index in [2.05, 4.69) is 17.4 Å². The zero-order valence-corrected chi connectivity index (χ0v) is 10.1. The van der Waals surface area contributed by atoms with E-state index in [9.17, 15) is 4.79 Å². The number of benzene rings is 1. The highest BCUT2D eigenvalue weighted by molar-refractivity contribution is 5.88. The predicted molar refractivity (Wildman–Crippen MR) is 64.2 cm³/mol. The lowest BCUT2D eigenvalue weighted by Crippen LogP contribution is -2.51. The Kier molecular flexibility index (Phi) is 2.72. The van der Waals surface area contributed by atoms with Crippen LogP contribution in [0.1, 0.15) is 17.5 Å². The molecule has 1 unspecified atom stereocenters. The summed E-state index contributed by atoms with van der Waals surface area (Å²) in [5.41, 5.74) is 1.96. The Bertz CT molecular complexity index is 414. The summed E-state index contributed by atoms with van der Waals surface area (Å²) < 4.78 is 0. The van der Waals surface area contributed by atoms with Crippen LogP contribution in [0.3, 0.4) is 0 Å². The van der Waals surface area contributed by atoms with Gasteiger partial charge in [0.05, 0.1) is 0 Å². The Morgan fingerprint density at radius 3 is 2.69 bits per heavy atom. The normalized spacial score (nSPS) is 23.2. The molecule has 0 saturated carbocycles. The van der Waals surface area contributed by atoms with Gasteiger partial charge in [0.15, 0.2) is 0 Å². The molecule has 0 aliphatic heterocycles. The van der Waals surface area contributed by atoms with Gasteiger partial charge >= 0.3 is 0 Å². The van der Waals surface area contributed by atoms with Crippen molar-refractivity contribution in [2.24, 2.45) is 0 Å². The maximum absolute atomic E-state index is 12.2. The number of rotatable bonds is 2. The van der Waals surface area contributed by atoms with Crippen LogP contribution in [0.15, 0.2) is 24.3 Å². The van der Waals surface area contributed by atoms with Crippen LogP contribution in [0.25, 0.3) is 0 Å². The Hall–Kier alpha value is -1.35. The van der Waals surface area contributed by atoms with Crippen LogP contribution in [0.4, 0.5) is 0 Å². The predicted octanol–water partition coefficient (Wildman–Crippen LogP) is 1.14. The number of carbonyl (C=O) groups is 1. The number of aryl methyl sites for hydroxylation is 1. The molecule has 1 aromatic carbocycles. The van der Waals surface area contributed by atoms with Crippen LogP contribution in [0, 0.1) is 0 Å². The van der Waals surface area contributed by atoms with E-state index in [-0.39, 0.29) is 5.91 Å². The van der Waals surface area contributed by atoms with E-state index >= 15 is 0 Å². The van der Waals surface area contributed by atoms with Crippen molar-refractivity contribution in [3.05, 3.63) is 35.4 Å². The van der Waals surface area contributed by atoms with Gasteiger partial charge in [0.25, 0.3) is 0 Å². The van der Waals surface area contributed by atoms with E-state index in [1.165, 1.54) is 5.56 Å². The second kappa shape index (κ2) is 3.91. The molecule has 0 bridgehead atoms. The van der Waals surface area contributed by atoms with E-state index < -0.39 is 5.54 Å². The van der Waals surface area contributed by atoms with Crippen molar-refractivity contribution in [3.8, 4) is 0 Å². The summed E-state index contributed by atoms with van der Waals surface area (Å²) in [6.07, 6.45) is 1.83. The standard InChI is InChI=1S/C13H18N2O/c1-14-12(16)13(15(2)3)9-8-10-6-4-5-7-11(10)13/h4-7H,8-9H2,1-3H3,(H,14,16). The Morgan fingerprint density at radius 2 is 2.06 bits per heavy atom. The van der Waals surface area contributed by atoms with Gasteiger partial charge in [-0.3, -0.25) is 9.69 Å². The lowest BCUT2D eigenvalue weighted by molar-refractivity contribution is -0.132. The summed E-state index contributed by atoms with van der Waals surface area (Å²) in [4.78, 5) is 14.2. The highest BCUT2D eigenvalue weighted by Gasteiger charge is 2.46. The zero-order chi connectivity index (χ0) is 11.8. The molecule has 1 atom stereocenters. The molecule has 0 spiro atoms. The number of hydrogen-bond acceptors (Lipinski definition) is 2. The van der Waals surface area contributed by atoms with Gasteiger partial charge in [0.1, 0.15) is 5.54 Å². The Balaban J connectivity index is 2.56. The van der Waals surface area contributed by atoms with Crippen LogP contribution in [-0.2, 0) is 16.8 Å². The Labute approximate surface area is 96.5 Å². The maximum Gasteiger partial charge on any atom is 0.244 e. The smallest absolute Gasteiger partial charge is 0.244 e. The van der Waals surface area contributed by atoms with E-state index in [4.69, 9.17) is 0 Å². The fourth-order valence-electron chi connectivity index (χ4n) is 2.70. The summed E-state index contributed by atoms with van der Waals surface area (Å²) in [5, 5.41) is 2.79. The molecule has 0 radical (unpaired) electrons. The number of amides is 1. The van der Waals surface area contributed by atoms with E-state index in [0.717, 1.165) is 18.4 Å². The fraction of sp³-hybridized carbons (Fsp3) is 0.462. The third-order valence-corrected chi connectivity index (χ3v) is 3.59. The number of carbonyl (C=O) groups excluding carboxylic acids is 1. The monoisotopic (exact) mass is 218 g/mol. The molecule has 1 amide bonds. The van der Waals surface area contributed by atoms with Crippen LogP contribution in [-0.4, -0.2) is 32.0 Å². The number of hydrogen-bond donors (Lipinski definition) is 1. The van der Waals surface area contributed by atoms with Crippen molar-refractivity contribution in [3.63, 3.8) is 0 Å². The molecule has 3 nitrogen and oxygen atoms in total. The topological polar surface area (TPSA) is 32.3 Å². The van der Waals surface area contributed by atoms with Crippen molar-refractivity contribution in [1.82, 2.24) is 10.2 Å². The maximum atomic E-state index is 12.2. The van der Waals surface area contributed by atoms with Gasteiger partial charge in [-0.05, 0) is 38.1 Å². The second-order valence-corrected chi connectivity index (χ2v) is 4.49. The van der Waals surface area contributed by atoms with Crippen molar-refractivity contribution < 1.29 is 4.79 Å². The van der Waals surface area contributed by atoms with Gasteiger partial charge in [-0.15, -0.1) is 0 Å². The van der Waals surface area contributed by atoms with Gasteiger partial charge in [-0.1, -0.05) is 24.3 Å². The largest absolute Gasteiger partial charge is 0.357 e. The quantitative estimate of drug-likeness (QED) is 0.807. The first kappa shape index (κ1) is 11.1. The molecule has 86 valence electrons. The summed E-state index contributed by atoms with van der Waals surface area (Å²) in [5.74, 6) is 0.0856. The summed E-state index contributed by atoms with van der Waals surface area (Å²) in [6.45, 7) is 0. The van der Waals surface area contributed by atoms with Crippen molar-refractivity contribution in [2.45, 2.75) is 18.4 Å². The molecule has 1 aliphatic rings. The number of likely N-dealkylation sites (N-methyl/N-ethyl adjacent to an activating group) is 2. The SMILES string of the molecule is CNC(=O)C1(N(C)C)CCc2ccccc21.